The molecule has 1 heterocycles. The van der Waals surface area contributed by atoms with Crippen molar-refractivity contribution in [3.8, 4) is 5.75 Å². The molecule has 0 spiro atoms. The Morgan fingerprint density at radius 3 is 2.59 bits per heavy atom. The van der Waals surface area contributed by atoms with Crippen LogP contribution in [0.5, 0.6) is 5.75 Å². The molecule has 1 aromatic carbocycles. The van der Waals surface area contributed by atoms with Crippen LogP contribution in [0.3, 0.4) is 0 Å². The first-order chi connectivity index (χ1) is 17.6. The number of ether oxygens (including phenoxy) is 3. The van der Waals surface area contributed by atoms with Crippen molar-refractivity contribution in [2.75, 3.05) is 33.5 Å². The minimum absolute atomic E-state index is 0.0312. The number of aliphatic hydroxyl groups is 1. The van der Waals surface area contributed by atoms with E-state index in [0.717, 1.165) is 37.9 Å². The second-order valence-corrected chi connectivity index (χ2v) is 11.5. The van der Waals surface area contributed by atoms with Crippen molar-refractivity contribution in [1.82, 2.24) is 5.32 Å². The lowest BCUT2D eigenvalue weighted by atomic mass is 9.81. The Morgan fingerprint density at radius 2 is 1.97 bits per heavy atom. The molecular formula is C29H49ClN2O5. The molecule has 7 nitrogen and oxygen atoms in total. The maximum absolute atomic E-state index is 12.9. The second kappa shape index (κ2) is 16.6. The van der Waals surface area contributed by atoms with Crippen molar-refractivity contribution in [2.45, 2.75) is 84.5 Å². The summed E-state index contributed by atoms with van der Waals surface area (Å²) in [7, 11) is 1.67. The van der Waals surface area contributed by atoms with Gasteiger partial charge in [0, 0.05) is 45.2 Å². The van der Waals surface area contributed by atoms with Crippen LogP contribution in [0.4, 0.5) is 0 Å². The summed E-state index contributed by atoms with van der Waals surface area (Å²) in [5, 5.41) is 14.6. The molecule has 0 aromatic heterocycles. The molecule has 0 aliphatic carbocycles. The third kappa shape index (κ3) is 11.1. The lowest BCUT2D eigenvalue weighted by molar-refractivity contribution is -0.128. The minimum Gasteiger partial charge on any atom is -0.492 e. The number of methoxy groups -OCH3 is 1. The number of hydrogen-bond acceptors (Lipinski definition) is 6. The van der Waals surface area contributed by atoms with Crippen LogP contribution in [0.25, 0.3) is 0 Å². The third-order valence-electron chi connectivity index (χ3n) is 7.42. The van der Waals surface area contributed by atoms with Crippen LogP contribution in [0.1, 0.15) is 65.4 Å². The fourth-order valence-corrected chi connectivity index (χ4v) is 5.01. The summed E-state index contributed by atoms with van der Waals surface area (Å²) in [5.74, 6) is 1.08. The molecule has 1 amide bonds. The van der Waals surface area contributed by atoms with Crippen molar-refractivity contribution < 1.29 is 24.1 Å². The summed E-state index contributed by atoms with van der Waals surface area (Å²) >= 11 is 6.34. The van der Waals surface area contributed by atoms with Crippen molar-refractivity contribution in [1.29, 1.82) is 0 Å². The van der Waals surface area contributed by atoms with Gasteiger partial charge in [0.05, 0.1) is 23.8 Å². The van der Waals surface area contributed by atoms with E-state index in [1.165, 1.54) is 0 Å². The Balaban J connectivity index is 1.94. The summed E-state index contributed by atoms with van der Waals surface area (Å²) < 4.78 is 16.6. The smallest absolute Gasteiger partial charge is 0.223 e. The summed E-state index contributed by atoms with van der Waals surface area (Å²) in [6.07, 6.45) is 3.96. The third-order valence-corrected chi connectivity index (χ3v) is 7.73. The number of rotatable bonds is 17. The van der Waals surface area contributed by atoms with Gasteiger partial charge in [-0.1, -0.05) is 45.4 Å². The fourth-order valence-electron chi connectivity index (χ4n) is 4.84. The van der Waals surface area contributed by atoms with Gasteiger partial charge in [-0.3, -0.25) is 4.79 Å². The Labute approximate surface area is 228 Å². The van der Waals surface area contributed by atoms with Gasteiger partial charge in [-0.15, -0.1) is 0 Å². The van der Waals surface area contributed by atoms with Crippen LogP contribution in [0.2, 0.25) is 5.02 Å². The van der Waals surface area contributed by atoms with Crippen LogP contribution in [-0.4, -0.2) is 62.7 Å². The average Bonchev–Trinajstić information content (AvgIpc) is 3.38. The monoisotopic (exact) mass is 540 g/mol. The number of nitrogens with two attached hydrogens (primary N) is 1. The highest BCUT2D eigenvalue weighted by atomic mass is 35.5. The number of benzene rings is 1. The van der Waals surface area contributed by atoms with Crippen LogP contribution < -0.4 is 15.8 Å². The molecule has 2 rings (SSSR count). The second-order valence-electron chi connectivity index (χ2n) is 11.1. The number of aliphatic hydroxyl groups excluding tert-OH is 1. The number of carbonyl (C=O) groups excluding carboxylic acids is 1. The molecule has 4 unspecified atom stereocenters. The number of amides is 1. The lowest BCUT2D eigenvalue weighted by Gasteiger charge is -2.30. The van der Waals surface area contributed by atoms with Gasteiger partial charge in [-0.05, 0) is 67.6 Å². The molecule has 212 valence electrons. The van der Waals surface area contributed by atoms with E-state index in [1.807, 2.05) is 32.0 Å². The highest BCUT2D eigenvalue weighted by Crippen LogP contribution is 2.30. The van der Waals surface area contributed by atoms with Crippen molar-refractivity contribution in [3.63, 3.8) is 0 Å². The van der Waals surface area contributed by atoms with Crippen molar-refractivity contribution in [2.24, 2.45) is 29.4 Å². The number of hydrogen-bond donors (Lipinski definition) is 3. The first-order valence-corrected chi connectivity index (χ1v) is 14.2. The van der Waals surface area contributed by atoms with E-state index in [-0.39, 0.29) is 29.8 Å². The molecule has 37 heavy (non-hydrogen) atoms. The quantitative estimate of drug-likeness (QED) is 0.249. The predicted octanol–water partition coefficient (Wildman–Crippen LogP) is 4.61. The molecule has 4 N–H and O–H groups in total. The van der Waals surface area contributed by atoms with E-state index in [9.17, 15) is 9.90 Å². The largest absolute Gasteiger partial charge is 0.492 e. The molecule has 0 saturated carbocycles. The van der Waals surface area contributed by atoms with Gasteiger partial charge in [0.25, 0.3) is 0 Å². The first-order valence-electron chi connectivity index (χ1n) is 13.8. The van der Waals surface area contributed by atoms with Gasteiger partial charge < -0.3 is 30.4 Å². The highest BCUT2D eigenvalue weighted by Gasteiger charge is 2.30. The summed E-state index contributed by atoms with van der Waals surface area (Å²) in [6, 6.07) is 5.47. The van der Waals surface area contributed by atoms with Gasteiger partial charge in [0.1, 0.15) is 5.75 Å². The van der Waals surface area contributed by atoms with Crippen LogP contribution in [-0.2, 0) is 20.7 Å². The molecular weight excluding hydrogens is 492 g/mol. The highest BCUT2D eigenvalue weighted by molar-refractivity contribution is 6.32. The molecule has 1 saturated heterocycles. The van der Waals surface area contributed by atoms with E-state index >= 15 is 0 Å². The standard InChI is InChI=1S/C29H49ClN2O5/c1-19(2)22(14-21-9-10-25(30)28(15-21)37-13-7-11-35-5)16-26(31)27(33)17-24(20(3)4)29(34)32-18-23-8-6-12-36-23/h9-10,15,19-20,22-24,26-27,33H,6-8,11-14,16-18,31H2,1-5H3,(H,32,34)/t22?,23-,24?,26?,27?/m0/s1. The fraction of sp³-hybridized carbons (Fsp3) is 0.759. The van der Waals surface area contributed by atoms with E-state index in [1.54, 1.807) is 7.11 Å². The molecule has 1 aliphatic heterocycles. The molecule has 1 fully saturated rings. The first kappa shape index (κ1) is 31.8. The zero-order valence-corrected chi connectivity index (χ0v) is 24.1. The Kier molecular flexibility index (Phi) is 14.2. The maximum atomic E-state index is 12.9. The number of nitrogens with one attached hydrogen (secondary N) is 1. The summed E-state index contributed by atoms with van der Waals surface area (Å²) in [4.78, 5) is 12.9. The van der Waals surface area contributed by atoms with E-state index < -0.39 is 12.1 Å². The SMILES string of the molecule is COCCCOc1cc(CC(CC(N)C(O)CC(C(=O)NC[C@@H]2CCCO2)C(C)C)C(C)C)ccc1Cl. The van der Waals surface area contributed by atoms with Crippen LogP contribution >= 0.6 is 11.6 Å². The van der Waals surface area contributed by atoms with Gasteiger partial charge in [0.15, 0.2) is 0 Å². The van der Waals surface area contributed by atoms with E-state index in [2.05, 4.69) is 19.2 Å². The Morgan fingerprint density at radius 1 is 1.22 bits per heavy atom. The van der Waals surface area contributed by atoms with Gasteiger partial charge in [-0.25, -0.2) is 0 Å². The zero-order chi connectivity index (χ0) is 27.4. The van der Waals surface area contributed by atoms with E-state index in [0.29, 0.717) is 49.3 Å². The Bertz CT molecular complexity index is 801. The van der Waals surface area contributed by atoms with E-state index in [4.69, 9.17) is 31.5 Å². The summed E-state index contributed by atoms with van der Waals surface area (Å²) in [5.41, 5.74) is 7.65. The normalized spacial score (nSPS) is 19.1. The Hall–Kier alpha value is -1.38. The topological polar surface area (TPSA) is 103 Å². The van der Waals surface area contributed by atoms with Gasteiger partial charge in [-0.2, -0.15) is 0 Å². The average molecular weight is 541 g/mol. The molecule has 1 aromatic rings. The molecule has 5 atom stereocenters. The van der Waals surface area contributed by atoms with Crippen LogP contribution in [0, 0.1) is 23.7 Å². The number of carbonyl (C=O) groups is 1. The van der Waals surface area contributed by atoms with Gasteiger partial charge in [0.2, 0.25) is 5.91 Å². The predicted molar refractivity (Wildman–Crippen MR) is 149 cm³/mol. The maximum Gasteiger partial charge on any atom is 0.223 e. The van der Waals surface area contributed by atoms with Gasteiger partial charge >= 0.3 is 0 Å². The summed E-state index contributed by atoms with van der Waals surface area (Å²) in [6.45, 7) is 10.9. The van der Waals surface area contributed by atoms with Crippen LogP contribution in [0.15, 0.2) is 18.2 Å². The van der Waals surface area contributed by atoms with Crippen molar-refractivity contribution in [3.05, 3.63) is 28.8 Å². The minimum atomic E-state index is -0.757. The molecule has 8 heteroatoms. The number of halogens is 1. The molecule has 0 radical (unpaired) electrons. The zero-order valence-electron chi connectivity index (χ0n) is 23.4. The van der Waals surface area contributed by atoms with Crippen molar-refractivity contribution >= 4 is 17.5 Å². The molecule has 1 aliphatic rings. The lowest BCUT2D eigenvalue weighted by Crippen LogP contribution is -2.43. The molecule has 0 bridgehead atoms.